The SMILES string of the molecule is CC(=O)NC(C)(C(=O)N1CC2CC1CN(C(=O)c1cc3n(n1)CCCNC3=O)C2)c1ccccc1F. The van der Waals surface area contributed by atoms with E-state index in [1.54, 1.807) is 20.5 Å². The van der Waals surface area contributed by atoms with E-state index >= 15 is 0 Å². The number of halogens is 1. The zero-order valence-electron chi connectivity index (χ0n) is 20.3. The number of fused-ring (bicyclic) bond motifs is 3. The molecule has 3 aliphatic heterocycles. The molecule has 0 saturated carbocycles. The van der Waals surface area contributed by atoms with Crippen LogP contribution in [0.2, 0.25) is 0 Å². The lowest BCUT2D eigenvalue weighted by Gasteiger charge is -2.37. The third-order valence-corrected chi connectivity index (χ3v) is 7.29. The van der Waals surface area contributed by atoms with E-state index < -0.39 is 23.2 Å². The summed E-state index contributed by atoms with van der Waals surface area (Å²) in [4.78, 5) is 54.8. The fourth-order valence-electron chi connectivity index (χ4n) is 5.67. The minimum absolute atomic E-state index is 0.0441. The Bertz CT molecular complexity index is 1240. The number of aromatic nitrogens is 2. The molecule has 2 aromatic rings. The molecule has 2 saturated heterocycles. The Hall–Kier alpha value is -3.76. The van der Waals surface area contributed by atoms with Gasteiger partial charge in [-0.3, -0.25) is 23.9 Å². The first-order valence-corrected chi connectivity index (χ1v) is 12.2. The first-order valence-electron chi connectivity index (χ1n) is 12.2. The molecule has 4 heterocycles. The van der Waals surface area contributed by atoms with Gasteiger partial charge in [-0.1, -0.05) is 18.2 Å². The Morgan fingerprint density at radius 1 is 1.19 bits per heavy atom. The molecule has 190 valence electrons. The van der Waals surface area contributed by atoms with E-state index in [-0.39, 0.29) is 35.0 Å². The molecule has 2 bridgehead atoms. The number of likely N-dealkylation sites (tertiary alicyclic amines) is 2. The average molecular weight is 497 g/mol. The van der Waals surface area contributed by atoms with Gasteiger partial charge in [0.2, 0.25) is 5.91 Å². The summed E-state index contributed by atoms with van der Waals surface area (Å²) in [6.07, 6.45) is 1.44. The fraction of sp³-hybridized carbons (Fsp3) is 0.480. The number of hydrogen-bond donors (Lipinski definition) is 2. The molecule has 0 aliphatic carbocycles. The number of piperidine rings is 1. The van der Waals surface area contributed by atoms with Crippen LogP contribution >= 0.6 is 0 Å². The molecule has 1 aromatic heterocycles. The molecule has 4 amide bonds. The van der Waals surface area contributed by atoms with Gasteiger partial charge < -0.3 is 20.4 Å². The molecule has 3 unspecified atom stereocenters. The van der Waals surface area contributed by atoms with Crippen LogP contribution in [-0.2, 0) is 21.7 Å². The maximum absolute atomic E-state index is 14.7. The average Bonchev–Trinajstić information content (AvgIpc) is 3.35. The predicted octanol–water partition coefficient (Wildman–Crippen LogP) is 0.880. The highest BCUT2D eigenvalue weighted by Gasteiger charge is 2.49. The van der Waals surface area contributed by atoms with Gasteiger partial charge in [-0.25, -0.2) is 4.39 Å². The Kier molecular flexibility index (Phi) is 6.01. The van der Waals surface area contributed by atoms with Crippen molar-refractivity contribution in [3.05, 3.63) is 53.1 Å². The second kappa shape index (κ2) is 9.03. The smallest absolute Gasteiger partial charge is 0.274 e. The summed E-state index contributed by atoms with van der Waals surface area (Å²) in [5.41, 5.74) is -0.921. The maximum atomic E-state index is 14.7. The number of nitrogens with zero attached hydrogens (tertiary/aromatic N) is 4. The second-order valence-electron chi connectivity index (χ2n) is 9.96. The highest BCUT2D eigenvalue weighted by atomic mass is 19.1. The number of amides is 4. The maximum Gasteiger partial charge on any atom is 0.274 e. The number of rotatable bonds is 4. The molecule has 1 aromatic carbocycles. The highest BCUT2D eigenvalue weighted by molar-refractivity contribution is 5.98. The van der Waals surface area contributed by atoms with Gasteiger partial charge >= 0.3 is 0 Å². The van der Waals surface area contributed by atoms with Crippen molar-refractivity contribution in [1.82, 2.24) is 30.2 Å². The first kappa shape index (κ1) is 24.0. The Labute approximate surface area is 207 Å². The van der Waals surface area contributed by atoms with Crippen molar-refractivity contribution in [2.24, 2.45) is 5.92 Å². The molecule has 0 radical (unpaired) electrons. The quantitative estimate of drug-likeness (QED) is 0.652. The molecular weight excluding hydrogens is 467 g/mol. The second-order valence-corrected chi connectivity index (χ2v) is 9.96. The Morgan fingerprint density at radius 3 is 2.72 bits per heavy atom. The molecule has 10 nitrogen and oxygen atoms in total. The summed E-state index contributed by atoms with van der Waals surface area (Å²) >= 11 is 0. The van der Waals surface area contributed by atoms with Crippen LogP contribution in [0.25, 0.3) is 0 Å². The minimum atomic E-state index is -1.59. The van der Waals surface area contributed by atoms with E-state index in [0.717, 1.165) is 6.42 Å². The van der Waals surface area contributed by atoms with Gasteiger partial charge in [-0.15, -0.1) is 0 Å². The van der Waals surface area contributed by atoms with Crippen LogP contribution in [0.4, 0.5) is 4.39 Å². The van der Waals surface area contributed by atoms with Gasteiger partial charge in [0.1, 0.15) is 17.1 Å². The lowest BCUT2D eigenvalue weighted by Crippen LogP contribution is -2.57. The zero-order valence-corrected chi connectivity index (χ0v) is 20.3. The van der Waals surface area contributed by atoms with Gasteiger partial charge in [-0.05, 0) is 31.7 Å². The molecule has 3 aliphatic rings. The Morgan fingerprint density at radius 2 is 1.97 bits per heavy atom. The van der Waals surface area contributed by atoms with Crippen LogP contribution in [0.3, 0.4) is 0 Å². The molecule has 36 heavy (non-hydrogen) atoms. The van der Waals surface area contributed by atoms with Crippen molar-refractivity contribution in [2.45, 2.75) is 44.8 Å². The van der Waals surface area contributed by atoms with Crippen LogP contribution in [0.15, 0.2) is 30.3 Å². The fourth-order valence-corrected chi connectivity index (χ4v) is 5.67. The zero-order chi connectivity index (χ0) is 25.6. The molecule has 5 rings (SSSR count). The number of nitrogens with one attached hydrogen (secondary N) is 2. The van der Waals surface area contributed by atoms with E-state index in [1.165, 1.54) is 38.1 Å². The molecular formula is C25H29FN6O4. The first-order chi connectivity index (χ1) is 17.2. The van der Waals surface area contributed by atoms with Crippen LogP contribution < -0.4 is 10.6 Å². The molecule has 2 N–H and O–H groups in total. The summed E-state index contributed by atoms with van der Waals surface area (Å²) in [5, 5.41) is 9.84. The van der Waals surface area contributed by atoms with Gasteiger partial charge in [0.15, 0.2) is 5.69 Å². The van der Waals surface area contributed by atoms with E-state index in [9.17, 15) is 23.6 Å². The number of benzene rings is 1. The summed E-state index contributed by atoms with van der Waals surface area (Å²) in [7, 11) is 0. The highest BCUT2D eigenvalue weighted by Crippen LogP contribution is 2.35. The number of carbonyl (C=O) groups is 4. The van der Waals surface area contributed by atoms with Crippen molar-refractivity contribution >= 4 is 23.6 Å². The summed E-state index contributed by atoms with van der Waals surface area (Å²) in [5.74, 6) is -1.93. The van der Waals surface area contributed by atoms with E-state index in [2.05, 4.69) is 15.7 Å². The van der Waals surface area contributed by atoms with E-state index in [4.69, 9.17) is 0 Å². The summed E-state index contributed by atoms with van der Waals surface area (Å²) < 4.78 is 16.3. The van der Waals surface area contributed by atoms with Crippen LogP contribution in [0.5, 0.6) is 0 Å². The largest absolute Gasteiger partial charge is 0.351 e. The standard InChI is InChI=1S/C25H29FN6O4/c1-15(33)28-25(2,18-6-3-4-7-19(18)26)24(36)31-13-16-10-17(31)14-30(12-16)23(35)20-11-21-22(34)27-8-5-9-32(21)29-20/h3-4,6-7,11,16-17H,5,8-10,12-14H2,1-2H3,(H,27,34)(H,28,33). The van der Waals surface area contributed by atoms with Gasteiger partial charge in [0.25, 0.3) is 17.7 Å². The van der Waals surface area contributed by atoms with Gasteiger partial charge in [0.05, 0.1) is 0 Å². The third-order valence-electron chi connectivity index (χ3n) is 7.29. The molecule has 11 heteroatoms. The van der Waals surface area contributed by atoms with Crippen molar-refractivity contribution in [1.29, 1.82) is 0 Å². The van der Waals surface area contributed by atoms with E-state index in [1.807, 2.05) is 0 Å². The third kappa shape index (κ3) is 4.12. The number of hydrogen-bond acceptors (Lipinski definition) is 5. The monoisotopic (exact) mass is 496 g/mol. The topological polar surface area (TPSA) is 117 Å². The van der Waals surface area contributed by atoms with Gasteiger partial charge in [-0.2, -0.15) is 5.10 Å². The molecule has 2 fully saturated rings. The number of carbonyl (C=O) groups excluding carboxylic acids is 4. The predicted molar refractivity (Wildman–Crippen MR) is 126 cm³/mol. The van der Waals surface area contributed by atoms with Crippen LogP contribution in [0.1, 0.15) is 53.2 Å². The van der Waals surface area contributed by atoms with Crippen LogP contribution in [0, 0.1) is 11.7 Å². The number of aryl methyl sites for hydroxylation is 1. The van der Waals surface area contributed by atoms with E-state index in [0.29, 0.717) is 44.8 Å². The minimum Gasteiger partial charge on any atom is -0.351 e. The van der Waals surface area contributed by atoms with Crippen molar-refractivity contribution < 1.29 is 23.6 Å². The molecule has 0 spiro atoms. The van der Waals surface area contributed by atoms with Crippen molar-refractivity contribution in [3.8, 4) is 0 Å². The molecule has 3 atom stereocenters. The van der Waals surface area contributed by atoms with Crippen molar-refractivity contribution in [3.63, 3.8) is 0 Å². The lowest BCUT2D eigenvalue weighted by molar-refractivity contribution is -0.142. The van der Waals surface area contributed by atoms with Crippen molar-refractivity contribution in [2.75, 3.05) is 26.2 Å². The van der Waals surface area contributed by atoms with Gasteiger partial charge in [0, 0.05) is 57.3 Å². The summed E-state index contributed by atoms with van der Waals surface area (Å²) in [6, 6.07) is 7.17. The lowest BCUT2D eigenvalue weighted by atomic mass is 9.89. The normalized spacial score (nSPS) is 22.8. The van der Waals surface area contributed by atoms with Crippen LogP contribution in [-0.4, -0.2) is 75.4 Å². The Balaban J connectivity index is 1.37. The summed E-state index contributed by atoms with van der Waals surface area (Å²) in [6.45, 7) is 5.07.